The minimum absolute atomic E-state index is 0.0241. The van der Waals surface area contributed by atoms with Crippen molar-refractivity contribution in [1.29, 1.82) is 0 Å². The van der Waals surface area contributed by atoms with E-state index in [1.807, 2.05) is 32.0 Å². The molecule has 2 aromatic carbocycles. The van der Waals surface area contributed by atoms with Crippen LogP contribution in [0.15, 0.2) is 42.5 Å². The highest BCUT2D eigenvalue weighted by molar-refractivity contribution is 5.95. The summed E-state index contributed by atoms with van der Waals surface area (Å²) in [4.78, 5) is 31.2. The smallest absolute Gasteiger partial charge is 0.243 e. The highest BCUT2D eigenvalue weighted by atomic mass is 16.2. The Labute approximate surface area is 185 Å². The van der Waals surface area contributed by atoms with Crippen LogP contribution in [0.5, 0.6) is 0 Å². The number of carbonyl (C=O) groups excluding carboxylic acids is 2. The third kappa shape index (κ3) is 6.39. The average Bonchev–Trinajstić information content (AvgIpc) is 2.74. The molecule has 0 unspecified atom stereocenters. The molecule has 3 rings (SSSR count). The zero-order chi connectivity index (χ0) is 22.4. The Morgan fingerprint density at radius 1 is 0.871 bits per heavy atom. The van der Waals surface area contributed by atoms with Gasteiger partial charge in [0, 0.05) is 45.5 Å². The number of carbonyl (C=O) groups is 2. The zero-order valence-electron chi connectivity index (χ0n) is 19.1. The van der Waals surface area contributed by atoms with Gasteiger partial charge in [-0.2, -0.15) is 0 Å². The van der Waals surface area contributed by atoms with E-state index in [9.17, 15) is 9.59 Å². The molecular formula is C25H34N4O2. The molecule has 1 saturated heterocycles. The van der Waals surface area contributed by atoms with Gasteiger partial charge in [-0.25, -0.2) is 0 Å². The summed E-state index contributed by atoms with van der Waals surface area (Å²) in [6, 6.07) is 14.4. The number of piperazine rings is 1. The SMILES string of the molecule is Cc1ccccc1CN1CCN(CC(=O)N(C)CC(=O)Nc2c(C)cccc2C)CC1. The first-order chi connectivity index (χ1) is 14.8. The van der Waals surface area contributed by atoms with E-state index in [2.05, 4.69) is 46.3 Å². The zero-order valence-corrected chi connectivity index (χ0v) is 19.1. The van der Waals surface area contributed by atoms with Gasteiger partial charge < -0.3 is 10.2 Å². The summed E-state index contributed by atoms with van der Waals surface area (Å²) in [6.45, 7) is 11.1. The van der Waals surface area contributed by atoms with Crippen LogP contribution in [0.1, 0.15) is 22.3 Å². The summed E-state index contributed by atoms with van der Waals surface area (Å²) < 4.78 is 0. The molecule has 0 bridgehead atoms. The fraction of sp³-hybridized carbons (Fsp3) is 0.440. The number of likely N-dealkylation sites (N-methyl/N-ethyl adjacent to an activating group) is 1. The van der Waals surface area contributed by atoms with Crippen molar-refractivity contribution >= 4 is 17.5 Å². The summed E-state index contributed by atoms with van der Waals surface area (Å²) in [5, 5.41) is 2.95. The number of para-hydroxylation sites is 1. The van der Waals surface area contributed by atoms with Crippen LogP contribution in [0.3, 0.4) is 0 Å². The van der Waals surface area contributed by atoms with Crippen LogP contribution in [-0.4, -0.2) is 72.8 Å². The lowest BCUT2D eigenvalue weighted by molar-refractivity contribution is -0.134. The van der Waals surface area contributed by atoms with Gasteiger partial charge in [0.05, 0.1) is 13.1 Å². The summed E-state index contributed by atoms with van der Waals surface area (Å²) in [5.74, 6) is -0.194. The second-order valence-corrected chi connectivity index (χ2v) is 8.54. The van der Waals surface area contributed by atoms with Crippen molar-refractivity contribution < 1.29 is 9.59 Å². The highest BCUT2D eigenvalue weighted by Crippen LogP contribution is 2.19. The Hall–Kier alpha value is -2.70. The largest absolute Gasteiger partial charge is 0.335 e. The Morgan fingerprint density at radius 2 is 1.45 bits per heavy atom. The third-order valence-electron chi connectivity index (χ3n) is 6.03. The number of nitrogens with zero attached hydrogens (tertiary/aromatic N) is 3. The predicted octanol–water partition coefficient (Wildman–Crippen LogP) is 2.83. The van der Waals surface area contributed by atoms with Crippen LogP contribution >= 0.6 is 0 Å². The molecule has 2 amide bonds. The Morgan fingerprint density at radius 3 is 2.10 bits per heavy atom. The summed E-state index contributed by atoms with van der Waals surface area (Å²) in [6.07, 6.45) is 0. The second-order valence-electron chi connectivity index (χ2n) is 8.54. The molecule has 1 aliphatic rings. The van der Waals surface area contributed by atoms with Crippen LogP contribution in [0, 0.1) is 20.8 Å². The molecule has 6 heteroatoms. The summed E-state index contributed by atoms with van der Waals surface area (Å²) >= 11 is 0. The standard InChI is InChI=1S/C25H34N4O2/c1-19-8-5-6-11-22(19)16-28-12-14-29(15-13-28)18-24(31)27(4)17-23(30)26-25-20(2)9-7-10-21(25)3/h5-11H,12-18H2,1-4H3,(H,26,30). The van der Waals surface area contributed by atoms with Gasteiger partial charge in [-0.3, -0.25) is 19.4 Å². The molecular weight excluding hydrogens is 388 g/mol. The molecule has 0 atom stereocenters. The van der Waals surface area contributed by atoms with E-state index in [1.165, 1.54) is 16.0 Å². The Balaban J connectivity index is 1.43. The van der Waals surface area contributed by atoms with Crippen molar-refractivity contribution in [2.24, 2.45) is 0 Å². The molecule has 0 spiro atoms. The van der Waals surface area contributed by atoms with Crippen LogP contribution in [0.25, 0.3) is 0 Å². The lowest BCUT2D eigenvalue weighted by Crippen LogP contribution is -2.50. The van der Waals surface area contributed by atoms with Gasteiger partial charge in [0.1, 0.15) is 0 Å². The van der Waals surface area contributed by atoms with E-state index in [0.717, 1.165) is 49.5 Å². The molecule has 0 aromatic heterocycles. The number of amides is 2. The second kappa shape index (κ2) is 10.6. The number of anilines is 1. The normalized spacial score (nSPS) is 15.0. The molecule has 2 aromatic rings. The predicted molar refractivity (Wildman–Crippen MR) is 125 cm³/mol. The van der Waals surface area contributed by atoms with E-state index < -0.39 is 0 Å². The average molecular weight is 423 g/mol. The minimum atomic E-state index is -0.170. The number of rotatable bonds is 7. The Kier molecular flexibility index (Phi) is 7.82. The maximum absolute atomic E-state index is 12.6. The van der Waals surface area contributed by atoms with E-state index in [4.69, 9.17) is 0 Å². The first kappa shape index (κ1) is 23.0. The monoisotopic (exact) mass is 422 g/mol. The van der Waals surface area contributed by atoms with Crippen molar-refractivity contribution in [2.75, 3.05) is 51.6 Å². The van der Waals surface area contributed by atoms with E-state index in [-0.39, 0.29) is 18.4 Å². The van der Waals surface area contributed by atoms with Crippen molar-refractivity contribution in [1.82, 2.24) is 14.7 Å². The molecule has 0 aliphatic carbocycles. The fourth-order valence-electron chi connectivity index (χ4n) is 3.94. The number of aryl methyl sites for hydroxylation is 3. The lowest BCUT2D eigenvalue weighted by Gasteiger charge is -2.35. The number of hydrogen-bond acceptors (Lipinski definition) is 4. The summed E-state index contributed by atoms with van der Waals surface area (Å²) in [7, 11) is 1.70. The number of hydrogen-bond donors (Lipinski definition) is 1. The molecule has 166 valence electrons. The van der Waals surface area contributed by atoms with Gasteiger partial charge in [-0.1, -0.05) is 42.5 Å². The van der Waals surface area contributed by atoms with Crippen LogP contribution in [0.4, 0.5) is 5.69 Å². The van der Waals surface area contributed by atoms with Gasteiger partial charge in [0.25, 0.3) is 0 Å². The first-order valence-electron chi connectivity index (χ1n) is 10.9. The van der Waals surface area contributed by atoms with E-state index in [0.29, 0.717) is 6.54 Å². The maximum atomic E-state index is 12.6. The molecule has 0 saturated carbocycles. The third-order valence-corrected chi connectivity index (χ3v) is 6.03. The van der Waals surface area contributed by atoms with Crippen LogP contribution in [0.2, 0.25) is 0 Å². The van der Waals surface area contributed by atoms with Crippen molar-refractivity contribution in [3.05, 3.63) is 64.7 Å². The molecule has 1 N–H and O–H groups in total. The van der Waals surface area contributed by atoms with Gasteiger partial charge in [0.2, 0.25) is 11.8 Å². The first-order valence-corrected chi connectivity index (χ1v) is 10.9. The Bertz CT molecular complexity index is 899. The summed E-state index contributed by atoms with van der Waals surface area (Å²) in [5.41, 5.74) is 5.55. The maximum Gasteiger partial charge on any atom is 0.243 e. The van der Waals surface area contributed by atoms with E-state index in [1.54, 1.807) is 7.05 Å². The van der Waals surface area contributed by atoms with Gasteiger partial charge in [-0.05, 0) is 43.0 Å². The van der Waals surface area contributed by atoms with Gasteiger partial charge in [0.15, 0.2) is 0 Å². The molecule has 0 radical (unpaired) electrons. The molecule has 6 nitrogen and oxygen atoms in total. The molecule has 1 aliphatic heterocycles. The van der Waals surface area contributed by atoms with Crippen LogP contribution in [-0.2, 0) is 16.1 Å². The molecule has 31 heavy (non-hydrogen) atoms. The number of benzene rings is 2. The van der Waals surface area contributed by atoms with Crippen molar-refractivity contribution in [3.63, 3.8) is 0 Å². The lowest BCUT2D eigenvalue weighted by atomic mass is 10.1. The quantitative estimate of drug-likeness (QED) is 0.746. The van der Waals surface area contributed by atoms with Crippen molar-refractivity contribution in [3.8, 4) is 0 Å². The molecule has 1 fully saturated rings. The van der Waals surface area contributed by atoms with Gasteiger partial charge >= 0.3 is 0 Å². The van der Waals surface area contributed by atoms with Crippen molar-refractivity contribution in [2.45, 2.75) is 27.3 Å². The number of nitrogens with one attached hydrogen (secondary N) is 1. The highest BCUT2D eigenvalue weighted by Gasteiger charge is 2.22. The molecule has 1 heterocycles. The fourth-order valence-corrected chi connectivity index (χ4v) is 3.94. The topological polar surface area (TPSA) is 55.9 Å². The minimum Gasteiger partial charge on any atom is -0.335 e. The van der Waals surface area contributed by atoms with E-state index >= 15 is 0 Å². The van der Waals surface area contributed by atoms with Crippen LogP contribution < -0.4 is 5.32 Å². The van der Waals surface area contributed by atoms with Gasteiger partial charge in [-0.15, -0.1) is 0 Å².